The number of piperazine rings is 1. The Labute approximate surface area is 166 Å². The summed E-state index contributed by atoms with van der Waals surface area (Å²) < 4.78 is 14.1. The number of nitrogens with zero attached hydrogens (tertiary/aromatic N) is 2. The van der Waals surface area contributed by atoms with Gasteiger partial charge < -0.3 is 9.80 Å². The maximum absolute atomic E-state index is 13.1. The number of rotatable bonds is 3. The Hall–Kier alpha value is -1.96. The maximum atomic E-state index is 13.1. The average Bonchev–Trinajstić information content (AvgIpc) is 3.19. The molecule has 5 nitrogen and oxygen atoms in total. The highest BCUT2D eigenvalue weighted by Crippen LogP contribution is 2.25. The minimum absolute atomic E-state index is 0.132. The van der Waals surface area contributed by atoms with Gasteiger partial charge in [0.2, 0.25) is 5.91 Å². The van der Waals surface area contributed by atoms with Crippen LogP contribution in [0.5, 0.6) is 0 Å². The van der Waals surface area contributed by atoms with E-state index >= 15 is 0 Å². The normalized spacial score (nSPS) is 22.9. The first-order chi connectivity index (χ1) is 13.1. The molecule has 2 aromatic carbocycles. The summed E-state index contributed by atoms with van der Waals surface area (Å²) in [5.74, 6) is -0.0893. The van der Waals surface area contributed by atoms with Gasteiger partial charge in [-0.15, -0.1) is 0 Å². The Morgan fingerprint density at radius 3 is 2.30 bits per heavy atom. The smallest absolute Gasteiger partial charge is 0.241 e. The zero-order valence-corrected chi connectivity index (χ0v) is 16.5. The molecule has 2 saturated heterocycles. The van der Waals surface area contributed by atoms with Gasteiger partial charge in [0.05, 0.1) is 0 Å². The van der Waals surface area contributed by atoms with Crippen molar-refractivity contribution in [3.05, 3.63) is 64.4 Å². The summed E-state index contributed by atoms with van der Waals surface area (Å²) in [6, 6.07) is 14.6. The third kappa shape index (κ3) is 4.15. The molecule has 1 amide bonds. The quantitative estimate of drug-likeness (QED) is 0.782. The van der Waals surface area contributed by atoms with E-state index in [2.05, 4.69) is 43.8 Å². The largest absolute Gasteiger partial charge is 0.368 e. The molecule has 2 N–H and O–H groups in total. The number of hydrazine groups is 1. The van der Waals surface area contributed by atoms with Gasteiger partial charge in [0.15, 0.2) is 0 Å². The number of anilines is 1. The fraction of sp³-hybridized carbons (Fsp3) is 0.350. The molecule has 27 heavy (non-hydrogen) atoms. The topological polar surface area (TPSA) is 47.6 Å². The first kappa shape index (κ1) is 18.4. The molecule has 2 aliphatic rings. The first-order valence-corrected chi connectivity index (χ1v) is 9.95. The van der Waals surface area contributed by atoms with Gasteiger partial charge in [0, 0.05) is 42.4 Å². The lowest BCUT2D eigenvalue weighted by molar-refractivity contribution is -0.133. The zero-order valence-electron chi connectivity index (χ0n) is 14.9. The molecular weight excluding hydrogens is 411 g/mol. The number of hydrogen-bond acceptors (Lipinski definition) is 4. The summed E-state index contributed by atoms with van der Waals surface area (Å²) in [6.07, 6.45) is 0.735. The molecule has 4 rings (SSSR count). The van der Waals surface area contributed by atoms with Crippen molar-refractivity contribution in [3.63, 3.8) is 0 Å². The minimum atomic E-state index is -0.229. The molecule has 0 aromatic heterocycles. The standard InChI is InChI=1S/C20H22BrFN4O/c21-15-3-1-14(2-4-15)18-13-19(24-23-18)20(27)26-11-9-25(10-12-26)17-7-5-16(22)6-8-17/h1-8,18-19,23-24H,9-13H2. The van der Waals surface area contributed by atoms with Crippen LogP contribution in [-0.2, 0) is 4.79 Å². The summed E-state index contributed by atoms with van der Waals surface area (Å²) in [5.41, 5.74) is 8.57. The van der Waals surface area contributed by atoms with E-state index in [0.29, 0.717) is 13.1 Å². The van der Waals surface area contributed by atoms with E-state index in [-0.39, 0.29) is 23.8 Å². The monoisotopic (exact) mass is 432 g/mol. The Morgan fingerprint density at radius 2 is 1.63 bits per heavy atom. The van der Waals surface area contributed by atoms with Crippen LogP contribution in [0.3, 0.4) is 0 Å². The molecule has 0 aliphatic carbocycles. The van der Waals surface area contributed by atoms with Gasteiger partial charge in [-0.1, -0.05) is 28.1 Å². The highest BCUT2D eigenvalue weighted by Gasteiger charge is 2.34. The predicted octanol–water partition coefficient (Wildman–Crippen LogP) is 2.84. The van der Waals surface area contributed by atoms with Crippen molar-refractivity contribution in [1.29, 1.82) is 0 Å². The second kappa shape index (κ2) is 7.96. The molecule has 0 bridgehead atoms. The maximum Gasteiger partial charge on any atom is 0.241 e. The molecular formula is C20H22BrFN4O. The Balaban J connectivity index is 1.32. The fourth-order valence-electron chi connectivity index (χ4n) is 3.69. The van der Waals surface area contributed by atoms with Gasteiger partial charge in [-0.2, -0.15) is 0 Å². The molecule has 0 radical (unpaired) electrons. The third-order valence-corrected chi connectivity index (χ3v) is 5.79. The number of carbonyl (C=O) groups is 1. The van der Waals surface area contributed by atoms with Crippen LogP contribution in [0.15, 0.2) is 53.0 Å². The summed E-state index contributed by atoms with van der Waals surface area (Å²) >= 11 is 3.45. The van der Waals surface area contributed by atoms with Gasteiger partial charge in [-0.05, 0) is 48.4 Å². The molecule has 2 aliphatic heterocycles. The molecule has 2 unspecified atom stereocenters. The van der Waals surface area contributed by atoms with Crippen LogP contribution in [-0.4, -0.2) is 43.0 Å². The summed E-state index contributed by atoms with van der Waals surface area (Å²) in [7, 11) is 0. The van der Waals surface area contributed by atoms with Crippen LogP contribution >= 0.6 is 15.9 Å². The van der Waals surface area contributed by atoms with Crippen LogP contribution in [0.2, 0.25) is 0 Å². The molecule has 0 saturated carbocycles. The van der Waals surface area contributed by atoms with Crippen LogP contribution in [0, 0.1) is 5.82 Å². The van der Waals surface area contributed by atoms with Crippen molar-refractivity contribution < 1.29 is 9.18 Å². The lowest BCUT2D eigenvalue weighted by Gasteiger charge is -2.37. The van der Waals surface area contributed by atoms with Crippen LogP contribution in [0.1, 0.15) is 18.0 Å². The van der Waals surface area contributed by atoms with Crippen molar-refractivity contribution in [2.75, 3.05) is 31.1 Å². The average molecular weight is 433 g/mol. The summed E-state index contributed by atoms with van der Waals surface area (Å²) in [4.78, 5) is 17.0. The SMILES string of the molecule is O=C(C1CC(c2ccc(Br)cc2)NN1)N1CCN(c2ccc(F)cc2)CC1. The molecule has 2 atom stereocenters. The van der Waals surface area contributed by atoms with E-state index in [1.165, 1.54) is 17.7 Å². The van der Waals surface area contributed by atoms with Gasteiger partial charge in [-0.25, -0.2) is 15.2 Å². The Kier molecular flexibility index (Phi) is 5.43. The third-order valence-electron chi connectivity index (χ3n) is 5.26. The second-order valence-corrected chi connectivity index (χ2v) is 7.89. The highest BCUT2D eigenvalue weighted by atomic mass is 79.9. The summed E-state index contributed by atoms with van der Waals surface area (Å²) in [5, 5.41) is 0. The van der Waals surface area contributed by atoms with Crippen molar-refractivity contribution in [3.8, 4) is 0 Å². The Morgan fingerprint density at radius 1 is 0.963 bits per heavy atom. The highest BCUT2D eigenvalue weighted by molar-refractivity contribution is 9.10. The molecule has 2 aromatic rings. The lowest BCUT2D eigenvalue weighted by Crippen LogP contribution is -2.53. The van der Waals surface area contributed by atoms with Crippen molar-refractivity contribution in [2.45, 2.75) is 18.5 Å². The molecule has 2 heterocycles. The molecule has 0 spiro atoms. The number of halogens is 2. The molecule has 7 heteroatoms. The Bertz CT molecular complexity index is 791. The van der Waals surface area contributed by atoms with Gasteiger partial charge in [0.25, 0.3) is 0 Å². The lowest BCUT2D eigenvalue weighted by atomic mass is 10.0. The van der Waals surface area contributed by atoms with Crippen molar-refractivity contribution in [1.82, 2.24) is 15.8 Å². The van der Waals surface area contributed by atoms with E-state index in [1.807, 2.05) is 17.0 Å². The predicted molar refractivity (Wildman–Crippen MR) is 107 cm³/mol. The van der Waals surface area contributed by atoms with Gasteiger partial charge in [-0.3, -0.25) is 4.79 Å². The number of nitrogens with one attached hydrogen (secondary N) is 2. The number of benzene rings is 2. The second-order valence-electron chi connectivity index (χ2n) is 6.97. The fourth-order valence-corrected chi connectivity index (χ4v) is 3.95. The van der Waals surface area contributed by atoms with Gasteiger partial charge >= 0.3 is 0 Å². The van der Waals surface area contributed by atoms with E-state index < -0.39 is 0 Å². The number of carbonyl (C=O) groups excluding carboxylic acids is 1. The van der Waals surface area contributed by atoms with Crippen LogP contribution in [0.4, 0.5) is 10.1 Å². The van der Waals surface area contributed by atoms with Crippen LogP contribution in [0.25, 0.3) is 0 Å². The van der Waals surface area contributed by atoms with E-state index in [1.54, 1.807) is 12.1 Å². The summed E-state index contributed by atoms with van der Waals surface area (Å²) in [6.45, 7) is 2.87. The van der Waals surface area contributed by atoms with Gasteiger partial charge in [0.1, 0.15) is 11.9 Å². The molecule has 142 valence electrons. The van der Waals surface area contributed by atoms with Crippen molar-refractivity contribution in [2.24, 2.45) is 0 Å². The van der Waals surface area contributed by atoms with Crippen molar-refractivity contribution >= 4 is 27.5 Å². The number of hydrogen-bond donors (Lipinski definition) is 2. The van der Waals surface area contributed by atoms with E-state index in [0.717, 1.165) is 29.7 Å². The minimum Gasteiger partial charge on any atom is -0.368 e. The molecule has 2 fully saturated rings. The number of amides is 1. The first-order valence-electron chi connectivity index (χ1n) is 9.16. The zero-order chi connectivity index (χ0) is 18.8. The van der Waals surface area contributed by atoms with E-state index in [9.17, 15) is 9.18 Å². The van der Waals surface area contributed by atoms with Crippen LogP contribution < -0.4 is 15.8 Å². The van der Waals surface area contributed by atoms with E-state index in [4.69, 9.17) is 0 Å².